The van der Waals surface area contributed by atoms with E-state index in [0.717, 1.165) is 45.8 Å². The fraction of sp³-hybridized carbons (Fsp3) is 0.207. The second-order valence-corrected chi connectivity index (χ2v) is 23.4. The summed E-state index contributed by atoms with van der Waals surface area (Å²) in [6, 6.07) is 67.3. The molecule has 4 heteroatoms. The van der Waals surface area contributed by atoms with Crippen molar-refractivity contribution in [3.63, 3.8) is 0 Å². The number of nitrogens with zero attached hydrogens (tertiary/aromatic N) is 2. The van der Waals surface area contributed by atoms with Crippen molar-refractivity contribution in [2.24, 2.45) is 17.8 Å². The first-order valence-corrected chi connectivity index (χ1v) is 25.6. The number of rotatable bonds is 8. The van der Waals surface area contributed by atoms with Crippen molar-refractivity contribution in [1.82, 2.24) is 9.97 Å². The van der Waals surface area contributed by atoms with E-state index in [2.05, 4.69) is 190 Å². The van der Waals surface area contributed by atoms with E-state index in [1.165, 1.54) is 71.0 Å². The van der Waals surface area contributed by atoms with Gasteiger partial charge in [-0.1, -0.05) is 165 Å². The first-order chi connectivity index (χ1) is 29.9. The number of benzene rings is 6. The minimum Gasteiger partial charge on any atom is -0.305 e. The van der Waals surface area contributed by atoms with Gasteiger partial charge < -0.3 is 9.97 Å². The first-order valence-electron chi connectivity index (χ1n) is 22.1. The van der Waals surface area contributed by atoms with Gasteiger partial charge in [-0.25, -0.2) is 0 Å². The van der Waals surface area contributed by atoms with E-state index < -0.39 is 13.5 Å². The van der Waals surface area contributed by atoms with Crippen LogP contribution < -0.4 is 5.19 Å². The average molecular weight is 997 g/mol. The molecule has 0 saturated heterocycles. The molecule has 2 heterocycles. The summed E-state index contributed by atoms with van der Waals surface area (Å²) in [6.45, 7) is 7.34. The van der Waals surface area contributed by atoms with E-state index >= 15 is 0 Å². The van der Waals surface area contributed by atoms with E-state index in [4.69, 9.17) is 9.97 Å². The van der Waals surface area contributed by atoms with Gasteiger partial charge in [0, 0.05) is 37.9 Å². The fourth-order valence-electron chi connectivity index (χ4n) is 10.9. The normalized spacial score (nSPS) is 17.9. The molecule has 0 amide bonds. The van der Waals surface area contributed by atoms with Crippen molar-refractivity contribution in [1.29, 1.82) is 0 Å². The third-order valence-corrected chi connectivity index (χ3v) is 15.7. The minimum absolute atomic E-state index is 0. The van der Waals surface area contributed by atoms with Gasteiger partial charge in [0.2, 0.25) is 0 Å². The van der Waals surface area contributed by atoms with E-state index in [9.17, 15) is 0 Å². The van der Waals surface area contributed by atoms with Crippen LogP contribution in [-0.2, 0) is 31.9 Å². The topological polar surface area (TPSA) is 25.8 Å². The maximum absolute atomic E-state index is 4.80. The van der Waals surface area contributed by atoms with Crippen LogP contribution in [0.25, 0.3) is 44.8 Å². The summed E-state index contributed by atoms with van der Waals surface area (Å²) in [5, 5.41) is 1.56. The van der Waals surface area contributed by atoms with Gasteiger partial charge >= 0.3 is 0 Å². The summed E-state index contributed by atoms with van der Waals surface area (Å²) in [6.07, 6.45) is 11.3. The van der Waals surface area contributed by atoms with Crippen LogP contribution in [0.4, 0.5) is 0 Å². The van der Waals surface area contributed by atoms with Gasteiger partial charge in [0.25, 0.3) is 0 Å². The molecule has 62 heavy (non-hydrogen) atoms. The van der Waals surface area contributed by atoms with Crippen LogP contribution in [-0.4, -0.2) is 18.0 Å². The number of aromatic nitrogens is 2. The molecule has 2 saturated carbocycles. The van der Waals surface area contributed by atoms with E-state index in [1.54, 1.807) is 10.8 Å². The molecule has 3 unspecified atom stereocenters. The van der Waals surface area contributed by atoms with Crippen molar-refractivity contribution in [2.75, 3.05) is 0 Å². The van der Waals surface area contributed by atoms with Gasteiger partial charge in [0.1, 0.15) is 0 Å². The molecule has 8 aromatic rings. The predicted octanol–water partition coefficient (Wildman–Crippen LogP) is 13.6. The van der Waals surface area contributed by atoms with Gasteiger partial charge in [0.05, 0.1) is 8.07 Å². The Morgan fingerprint density at radius 2 is 1.27 bits per heavy atom. The Kier molecular flexibility index (Phi) is 11.9. The Hall–Kier alpha value is -5.51. The molecular formula is C58H52IrN2Si-2. The molecule has 2 aromatic heterocycles. The average Bonchev–Trinajstić information content (AvgIpc) is 4.03. The molecule has 0 N–H and O–H groups in total. The second-order valence-electron chi connectivity index (χ2n) is 18.4. The van der Waals surface area contributed by atoms with Gasteiger partial charge in [-0.3, -0.25) is 0 Å². The Balaban J connectivity index is 0.000000170. The van der Waals surface area contributed by atoms with Crippen molar-refractivity contribution in [3.8, 4) is 44.8 Å². The Labute approximate surface area is 382 Å². The summed E-state index contributed by atoms with van der Waals surface area (Å²) >= 11 is 0. The van der Waals surface area contributed by atoms with Gasteiger partial charge in [-0.05, 0) is 99.5 Å². The summed E-state index contributed by atoms with van der Waals surface area (Å²) in [5.74, 6) is 2.93. The molecule has 3 aliphatic rings. The predicted molar refractivity (Wildman–Crippen MR) is 255 cm³/mol. The van der Waals surface area contributed by atoms with Crippen molar-refractivity contribution in [3.05, 3.63) is 222 Å². The number of fused-ring (bicyclic) bond motifs is 5. The number of hydrogen-bond donors (Lipinski definition) is 0. The van der Waals surface area contributed by atoms with Gasteiger partial charge in [-0.2, -0.15) is 0 Å². The molecular weight excluding hydrogens is 945 g/mol. The van der Waals surface area contributed by atoms with Crippen LogP contribution >= 0.6 is 0 Å². The molecule has 309 valence electrons. The molecule has 3 aliphatic carbocycles. The third-order valence-electron chi connectivity index (χ3n) is 13.7. The smallest absolute Gasteiger partial charge is 0.0798 e. The number of pyridine rings is 2. The molecule has 2 fully saturated rings. The maximum atomic E-state index is 4.80. The van der Waals surface area contributed by atoms with E-state index in [-0.39, 0.29) is 20.1 Å². The molecule has 0 aliphatic heterocycles. The van der Waals surface area contributed by atoms with Crippen molar-refractivity contribution >= 4 is 13.3 Å². The Morgan fingerprint density at radius 3 is 1.94 bits per heavy atom. The fourth-order valence-corrected chi connectivity index (χ4v) is 12.5. The zero-order valence-corrected chi connectivity index (χ0v) is 39.2. The molecule has 2 bridgehead atoms. The van der Waals surface area contributed by atoms with Crippen LogP contribution in [0.5, 0.6) is 0 Å². The molecule has 1 radical (unpaired) electrons. The molecule has 11 rings (SSSR count). The minimum atomic E-state index is -1.37. The molecule has 2 nitrogen and oxygen atoms in total. The Morgan fingerprint density at radius 1 is 0.597 bits per heavy atom. The van der Waals surface area contributed by atoms with E-state index in [1.807, 2.05) is 24.4 Å². The van der Waals surface area contributed by atoms with Gasteiger partial charge in [0.15, 0.2) is 0 Å². The quantitative estimate of drug-likeness (QED) is 0.112. The SMILES string of the molecule is C[Si](C)(C)c1cnc(-c2[c-]cccc2)cc1CC1CC2CCC1C2.[Ir].[c-]1cc2c(cc1-c1cc(-c3ccccc3)ccn1)-c1ccccc1C2(c1ccccc1)c1ccccc1. The van der Waals surface area contributed by atoms with Crippen molar-refractivity contribution in [2.45, 2.75) is 57.2 Å². The summed E-state index contributed by atoms with van der Waals surface area (Å²) in [7, 11) is -1.37. The van der Waals surface area contributed by atoms with Crippen LogP contribution in [0, 0.1) is 29.9 Å². The number of hydrogen-bond acceptors (Lipinski definition) is 2. The Bertz CT molecular complexity index is 2740. The maximum Gasteiger partial charge on any atom is 0.0798 e. The standard InChI is InChI=1S/C36H24N.C22H28NSi.Ir/c1-4-12-26(13-5-1)27-22-23-37-35(25-27)28-20-21-34-32(24-28)31-18-10-11-19-33(31)36(34,29-14-6-2-7-15-29)30-16-8-3-9-17-30;1-24(2,3)22-15-23-21(17-7-5-4-6-8-17)14-20(22)13-19-12-16-9-10-18(19)11-16;/h1-19,21-25H;4-7,14-16,18-19H,9-13H2,1-3H3;/q2*-1;. The summed E-state index contributed by atoms with van der Waals surface area (Å²) in [5.41, 5.74) is 15.3. The molecule has 0 spiro atoms. The van der Waals surface area contributed by atoms with Crippen molar-refractivity contribution < 1.29 is 20.1 Å². The zero-order chi connectivity index (χ0) is 41.4. The van der Waals surface area contributed by atoms with Gasteiger partial charge in [-0.15, -0.1) is 65.2 Å². The van der Waals surface area contributed by atoms with E-state index in [0.29, 0.717) is 0 Å². The zero-order valence-electron chi connectivity index (χ0n) is 35.8. The summed E-state index contributed by atoms with van der Waals surface area (Å²) in [4.78, 5) is 9.54. The monoisotopic (exact) mass is 997 g/mol. The molecule has 6 aromatic carbocycles. The van der Waals surface area contributed by atoms with Crippen LogP contribution in [0.3, 0.4) is 0 Å². The van der Waals surface area contributed by atoms with Crippen LogP contribution in [0.2, 0.25) is 19.6 Å². The third kappa shape index (κ3) is 7.90. The summed E-state index contributed by atoms with van der Waals surface area (Å²) < 4.78 is 0. The first kappa shape index (κ1) is 41.8. The van der Waals surface area contributed by atoms with Crippen LogP contribution in [0.1, 0.15) is 53.5 Å². The molecule has 3 atom stereocenters. The second kappa shape index (κ2) is 17.7. The largest absolute Gasteiger partial charge is 0.305 e. The van der Waals surface area contributed by atoms with Crippen LogP contribution in [0.15, 0.2) is 182 Å².